The fourth-order valence-corrected chi connectivity index (χ4v) is 4.06. The maximum atomic E-state index is 13.8. The average Bonchev–Trinajstić information content (AvgIpc) is 2.75. The number of amides is 1. The van der Waals surface area contributed by atoms with Gasteiger partial charge in [-0.15, -0.1) is 0 Å². The topological polar surface area (TPSA) is 84.5 Å². The van der Waals surface area contributed by atoms with E-state index in [4.69, 9.17) is 4.74 Å². The SMILES string of the molecule is O=C(COc1ccc(S(=O)(=O)NCCc2ccccc2)cc1)Nc1ccc(Br)cc1F. The molecule has 0 aliphatic rings. The summed E-state index contributed by atoms with van der Waals surface area (Å²) in [6, 6.07) is 19.6. The maximum absolute atomic E-state index is 13.8. The molecule has 31 heavy (non-hydrogen) atoms. The second-order valence-electron chi connectivity index (χ2n) is 6.57. The molecular weight excluding hydrogens is 487 g/mol. The predicted molar refractivity (Wildman–Crippen MR) is 120 cm³/mol. The van der Waals surface area contributed by atoms with E-state index >= 15 is 0 Å². The van der Waals surface area contributed by atoms with Gasteiger partial charge in [-0.25, -0.2) is 17.5 Å². The lowest BCUT2D eigenvalue weighted by atomic mass is 10.2. The number of carbonyl (C=O) groups is 1. The van der Waals surface area contributed by atoms with Crippen LogP contribution in [-0.4, -0.2) is 27.5 Å². The Hall–Kier alpha value is -2.75. The van der Waals surface area contributed by atoms with Crippen molar-refractivity contribution in [2.24, 2.45) is 0 Å². The van der Waals surface area contributed by atoms with Gasteiger partial charge in [-0.2, -0.15) is 0 Å². The van der Waals surface area contributed by atoms with Crippen LogP contribution in [0, 0.1) is 5.82 Å². The molecule has 3 aromatic carbocycles. The van der Waals surface area contributed by atoms with E-state index in [1.165, 1.54) is 36.4 Å². The van der Waals surface area contributed by atoms with Crippen LogP contribution in [-0.2, 0) is 21.2 Å². The van der Waals surface area contributed by atoms with Crippen LogP contribution in [0.4, 0.5) is 10.1 Å². The highest BCUT2D eigenvalue weighted by Crippen LogP contribution is 2.20. The zero-order valence-electron chi connectivity index (χ0n) is 16.3. The van der Waals surface area contributed by atoms with E-state index in [0.717, 1.165) is 5.56 Å². The van der Waals surface area contributed by atoms with Gasteiger partial charge >= 0.3 is 0 Å². The van der Waals surface area contributed by atoms with Gasteiger partial charge in [-0.1, -0.05) is 46.3 Å². The molecule has 3 rings (SSSR count). The zero-order valence-corrected chi connectivity index (χ0v) is 18.7. The average molecular weight is 507 g/mol. The molecule has 2 N–H and O–H groups in total. The van der Waals surface area contributed by atoms with Gasteiger partial charge in [0.15, 0.2) is 6.61 Å². The van der Waals surface area contributed by atoms with Crippen molar-refractivity contribution in [3.63, 3.8) is 0 Å². The number of anilines is 1. The van der Waals surface area contributed by atoms with Crippen molar-refractivity contribution in [2.45, 2.75) is 11.3 Å². The van der Waals surface area contributed by atoms with Gasteiger partial charge in [0.05, 0.1) is 10.6 Å². The van der Waals surface area contributed by atoms with Gasteiger partial charge in [0.2, 0.25) is 10.0 Å². The van der Waals surface area contributed by atoms with Gasteiger partial charge in [0, 0.05) is 11.0 Å². The third kappa shape index (κ3) is 6.88. The fourth-order valence-electron chi connectivity index (χ4n) is 2.70. The molecule has 3 aromatic rings. The van der Waals surface area contributed by atoms with Crippen LogP contribution in [0.15, 0.2) is 82.2 Å². The second kappa shape index (κ2) is 10.5. The fraction of sp³-hybridized carbons (Fsp3) is 0.136. The second-order valence-corrected chi connectivity index (χ2v) is 9.25. The number of sulfonamides is 1. The number of halogens is 2. The van der Waals surface area contributed by atoms with Gasteiger partial charge in [0.25, 0.3) is 5.91 Å². The molecule has 0 aliphatic carbocycles. The largest absolute Gasteiger partial charge is 0.484 e. The molecule has 0 atom stereocenters. The summed E-state index contributed by atoms with van der Waals surface area (Å²) in [5.74, 6) is -0.799. The molecule has 0 aromatic heterocycles. The molecule has 0 radical (unpaired) electrons. The third-order valence-corrected chi connectivity index (χ3v) is 6.23. The number of nitrogens with one attached hydrogen (secondary N) is 2. The van der Waals surface area contributed by atoms with Crippen molar-refractivity contribution in [3.05, 3.63) is 88.6 Å². The monoisotopic (exact) mass is 506 g/mol. The Labute approximate surface area is 188 Å². The van der Waals surface area contributed by atoms with Crippen molar-refractivity contribution in [2.75, 3.05) is 18.5 Å². The Balaban J connectivity index is 1.50. The van der Waals surface area contributed by atoms with E-state index in [2.05, 4.69) is 26.0 Å². The molecule has 0 aliphatic heterocycles. The van der Waals surface area contributed by atoms with Crippen LogP contribution >= 0.6 is 15.9 Å². The molecule has 1 amide bonds. The summed E-state index contributed by atoms with van der Waals surface area (Å²) >= 11 is 3.14. The molecule has 9 heteroatoms. The lowest BCUT2D eigenvalue weighted by molar-refractivity contribution is -0.118. The molecule has 0 fully saturated rings. The number of ether oxygens (including phenoxy) is 1. The first-order valence-corrected chi connectivity index (χ1v) is 11.6. The summed E-state index contributed by atoms with van der Waals surface area (Å²) in [7, 11) is -3.66. The smallest absolute Gasteiger partial charge is 0.262 e. The van der Waals surface area contributed by atoms with Gasteiger partial charge in [0.1, 0.15) is 11.6 Å². The molecule has 0 bridgehead atoms. The summed E-state index contributed by atoms with van der Waals surface area (Å²) < 4.78 is 47.0. The van der Waals surface area contributed by atoms with Crippen molar-refractivity contribution in [3.8, 4) is 5.75 Å². The Morgan fingerprint density at radius 2 is 1.71 bits per heavy atom. The summed E-state index contributed by atoms with van der Waals surface area (Å²) in [5, 5.41) is 2.41. The lowest BCUT2D eigenvalue weighted by Crippen LogP contribution is -2.26. The minimum Gasteiger partial charge on any atom is -0.484 e. The minimum atomic E-state index is -3.66. The van der Waals surface area contributed by atoms with E-state index in [1.54, 1.807) is 6.07 Å². The Kier molecular flexibility index (Phi) is 7.78. The van der Waals surface area contributed by atoms with E-state index in [-0.39, 0.29) is 23.7 Å². The highest BCUT2D eigenvalue weighted by Gasteiger charge is 2.14. The lowest BCUT2D eigenvalue weighted by Gasteiger charge is -2.10. The van der Waals surface area contributed by atoms with Crippen molar-refractivity contribution >= 4 is 37.5 Å². The first-order valence-electron chi connectivity index (χ1n) is 9.35. The highest BCUT2D eigenvalue weighted by molar-refractivity contribution is 9.10. The number of benzene rings is 3. The van der Waals surface area contributed by atoms with Crippen LogP contribution in [0.5, 0.6) is 5.75 Å². The first-order chi connectivity index (χ1) is 14.8. The molecule has 0 spiro atoms. The summed E-state index contributed by atoms with van der Waals surface area (Å²) in [5.41, 5.74) is 1.08. The van der Waals surface area contributed by atoms with Crippen LogP contribution in [0.1, 0.15) is 5.56 Å². The number of hydrogen-bond acceptors (Lipinski definition) is 4. The summed E-state index contributed by atoms with van der Waals surface area (Å²) in [4.78, 5) is 12.1. The molecule has 6 nitrogen and oxygen atoms in total. The minimum absolute atomic E-state index is 0.0415. The Morgan fingerprint density at radius 3 is 2.39 bits per heavy atom. The van der Waals surface area contributed by atoms with Crippen molar-refractivity contribution < 1.29 is 22.3 Å². The zero-order chi connectivity index (χ0) is 22.3. The summed E-state index contributed by atoms with van der Waals surface area (Å²) in [6.45, 7) is -0.0751. The van der Waals surface area contributed by atoms with Gasteiger partial charge in [-0.3, -0.25) is 4.79 Å². The Bertz CT molecular complexity index is 1140. The molecule has 162 valence electrons. The highest BCUT2D eigenvalue weighted by atomic mass is 79.9. The number of carbonyl (C=O) groups excluding carboxylic acids is 1. The van der Waals surface area contributed by atoms with Crippen LogP contribution in [0.25, 0.3) is 0 Å². The van der Waals surface area contributed by atoms with E-state index in [9.17, 15) is 17.6 Å². The predicted octanol–water partition coefficient (Wildman–Crippen LogP) is 4.13. The van der Waals surface area contributed by atoms with Gasteiger partial charge in [-0.05, 0) is 54.4 Å². The van der Waals surface area contributed by atoms with Crippen molar-refractivity contribution in [1.29, 1.82) is 0 Å². The van der Waals surface area contributed by atoms with E-state index in [0.29, 0.717) is 16.6 Å². The first kappa shape index (κ1) is 22.9. The van der Waals surface area contributed by atoms with Crippen LogP contribution in [0.2, 0.25) is 0 Å². The maximum Gasteiger partial charge on any atom is 0.262 e. The molecule has 0 heterocycles. The van der Waals surface area contributed by atoms with Crippen LogP contribution < -0.4 is 14.8 Å². The quantitative estimate of drug-likeness (QED) is 0.457. The summed E-state index contributed by atoms with van der Waals surface area (Å²) in [6.07, 6.45) is 0.579. The molecular formula is C22H20BrFN2O4S. The molecule has 0 saturated carbocycles. The molecule has 0 unspecified atom stereocenters. The van der Waals surface area contributed by atoms with Gasteiger partial charge < -0.3 is 10.1 Å². The number of rotatable bonds is 9. The molecule has 0 saturated heterocycles. The van der Waals surface area contributed by atoms with E-state index in [1.807, 2.05) is 30.3 Å². The van der Waals surface area contributed by atoms with Crippen molar-refractivity contribution in [1.82, 2.24) is 4.72 Å². The van der Waals surface area contributed by atoms with Crippen LogP contribution in [0.3, 0.4) is 0 Å². The normalized spacial score (nSPS) is 11.2. The standard InChI is InChI=1S/C22H20BrFN2O4S/c23-17-6-11-21(20(24)14-17)26-22(27)15-30-18-7-9-19(10-8-18)31(28,29)25-13-12-16-4-2-1-3-5-16/h1-11,14,25H,12-13,15H2,(H,26,27). The van der Waals surface area contributed by atoms with E-state index < -0.39 is 21.7 Å². The number of hydrogen-bond donors (Lipinski definition) is 2. The Morgan fingerprint density at radius 1 is 1.00 bits per heavy atom. The third-order valence-electron chi connectivity index (χ3n) is 4.26.